The Kier molecular flexibility index (Phi) is 9.62. The quantitative estimate of drug-likeness (QED) is 0.374. The van der Waals surface area contributed by atoms with E-state index in [1.165, 1.54) is 0 Å². The summed E-state index contributed by atoms with van der Waals surface area (Å²) in [6.45, 7) is 28.6. The van der Waals surface area contributed by atoms with Gasteiger partial charge in [0.15, 0.2) is 0 Å². The van der Waals surface area contributed by atoms with E-state index in [-0.39, 0.29) is 15.8 Å². The molecule has 0 aliphatic heterocycles. The molecule has 0 fully saturated rings. The predicted molar refractivity (Wildman–Crippen MR) is 128 cm³/mol. The zero-order valence-corrected chi connectivity index (χ0v) is 22.6. The first-order valence-electron chi connectivity index (χ1n) is 10.2. The summed E-state index contributed by atoms with van der Waals surface area (Å²) >= 11 is 0. The van der Waals surface area contributed by atoms with Crippen LogP contribution in [0, 0.1) is 35.5 Å². The molecule has 0 bridgehead atoms. The average molecular weight is 408 g/mol. The molecule has 0 radical (unpaired) electrons. The molecule has 0 amide bonds. The lowest BCUT2D eigenvalue weighted by Crippen LogP contribution is -2.72. The Morgan fingerprint density at radius 2 is 0.520 bits per heavy atom. The fraction of sp³-hybridized carbons (Fsp3) is 1.00. The first-order chi connectivity index (χ1) is 11.0. The summed E-state index contributed by atoms with van der Waals surface area (Å²) in [5.74, 6) is 3.21. The third kappa shape index (κ3) is 4.47. The van der Waals surface area contributed by atoms with E-state index in [9.17, 15) is 0 Å². The molecule has 0 aliphatic rings. The van der Waals surface area contributed by atoms with Gasteiger partial charge in [-0.05, 0) is 35.5 Å². The lowest BCUT2D eigenvalue weighted by molar-refractivity contribution is -0.0955. The molecule has 0 heterocycles. The van der Waals surface area contributed by atoms with Gasteiger partial charge in [-0.25, -0.2) is 0 Å². The highest BCUT2D eigenvalue weighted by atomic mass is 31.0. The topological polar surface area (TPSA) is 3.24 Å². The highest BCUT2D eigenvalue weighted by molar-refractivity contribution is 7.21. The van der Waals surface area contributed by atoms with Crippen molar-refractivity contribution in [2.45, 2.75) is 98.9 Å². The third-order valence-electron chi connectivity index (χ3n) is 6.71. The molecule has 0 spiro atoms. The molecule has 25 heavy (non-hydrogen) atoms. The van der Waals surface area contributed by atoms with Gasteiger partial charge in [0.2, 0.25) is 0 Å². The van der Waals surface area contributed by atoms with Gasteiger partial charge in [0.25, 0.3) is 0 Å². The van der Waals surface area contributed by atoms with Crippen LogP contribution in [0.25, 0.3) is 0 Å². The maximum atomic E-state index is 3.32. The van der Waals surface area contributed by atoms with Gasteiger partial charge in [-0.2, -0.15) is 0 Å². The van der Waals surface area contributed by atoms with E-state index in [0.717, 1.165) is 0 Å². The van der Waals surface area contributed by atoms with Crippen molar-refractivity contribution in [3.05, 3.63) is 0 Å². The molecule has 0 aliphatic carbocycles. The van der Waals surface area contributed by atoms with Crippen molar-refractivity contribution in [3.8, 4) is 0 Å². The molecule has 0 aromatic rings. The Morgan fingerprint density at radius 3 is 0.600 bits per heavy atom. The van der Waals surface area contributed by atoms with Crippen LogP contribution < -0.4 is 0 Å². The second kappa shape index (κ2) is 9.17. The van der Waals surface area contributed by atoms with Gasteiger partial charge in [0.1, 0.15) is 0 Å². The van der Waals surface area contributed by atoms with Crippen LogP contribution in [0.2, 0.25) is 0 Å². The van der Waals surface area contributed by atoms with Crippen molar-refractivity contribution < 1.29 is 0 Å². The van der Waals surface area contributed by atoms with E-state index < -0.39 is 0 Å². The highest BCUT2D eigenvalue weighted by Gasteiger charge is 2.58. The largest absolute Gasteiger partial charge is 0.275 e. The molecule has 4 heteroatoms. The van der Waals surface area contributed by atoms with Crippen molar-refractivity contribution in [1.29, 1.82) is 0 Å². The van der Waals surface area contributed by atoms with Crippen molar-refractivity contribution in [1.82, 2.24) is 4.90 Å². The summed E-state index contributed by atoms with van der Waals surface area (Å²) in [4.78, 5) is 2.90. The minimum absolute atomic E-state index is 0.0204. The minimum Gasteiger partial charge on any atom is -0.275 e. The Morgan fingerprint density at radius 1 is 0.400 bits per heavy atom. The smallest absolute Gasteiger partial charge is 0.0413 e. The molecule has 152 valence electrons. The normalized spacial score (nSPS) is 15.1. The molecule has 1 nitrogen and oxygen atoms in total. The van der Waals surface area contributed by atoms with Crippen LogP contribution in [-0.4, -0.2) is 20.7 Å². The van der Waals surface area contributed by atoms with Crippen LogP contribution in [0.4, 0.5) is 0 Å². The monoisotopic (exact) mass is 407 g/mol. The van der Waals surface area contributed by atoms with Crippen LogP contribution in [0.1, 0.15) is 83.1 Å². The van der Waals surface area contributed by atoms with E-state index in [4.69, 9.17) is 0 Å². The van der Waals surface area contributed by atoms with E-state index in [2.05, 4.69) is 116 Å². The fourth-order valence-corrected chi connectivity index (χ4v) is 6.34. The van der Waals surface area contributed by atoms with Gasteiger partial charge in [0, 0.05) is 15.8 Å². The number of hydrogen-bond acceptors (Lipinski definition) is 1. The molecule has 0 N–H and O–H groups in total. The van der Waals surface area contributed by atoms with E-state index in [1.54, 1.807) is 0 Å². The number of hydrogen-bond donors (Lipinski definition) is 0. The van der Waals surface area contributed by atoms with Gasteiger partial charge < -0.3 is 0 Å². The zero-order valence-electron chi connectivity index (χ0n) is 19.1. The second-order valence-corrected chi connectivity index (χ2v) is 12.7. The van der Waals surface area contributed by atoms with E-state index in [0.29, 0.717) is 35.5 Å². The van der Waals surface area contributed by atoms with Crippen LogP contribution in [0.5, 0.6) is 0 Å². The number of rotatable bonds is 9. The maximum Gasteiger partial charge on any atom is 0.0413 e. The van der Waals surface area contributed by atoms with Crippen molar-refractivity contribution >= 4 is 27.7 Å². The fourth-order valence-electron chi connectivity index (χ4n) is 4.56. The van der Waals surface area contributed by atoms with Crippen LogP contribution in [-0.2, 0) is 0 Å². The molecular formula is C21H48NP3. The van der Waals surface area contributed by atoms with Crippen LogP contribution in [0.15, 0.2) is 0 Å². The van der Waals surface area contributed by atoms with Crippen LogP contribution in [0.3, 0.4) is 0 Å². The maximum absolute atomic E-state index is 3.32. The van der Waals surface area contributed by atoms with Gasteiger partial charge >= 0.3 is 0 Å². The highest BCUT2D eigenvalue weighted by Crippen LogP contribution is 2.58. The summed E-state index contributed by atoms with van der Waals surface area (Å²) < 4.78 is 0. The molecule has 0 rings (SSSR count). The summed E-state index contributed by atoms with van der Waals surface area (Å²) in [5, 5.41) is 0.0613. The van der Waals surface area contributed by atoms with Crippen molar-refractivity contribution in [2.75, 3.05) is 0 Å². The summed E-state index contributed by atoms with van der Waals surface area (Å²) in [7, 11) is 9.95. The first-order valence-corrected chi connectivity index (χ1v) is 11.9. The van der Waals surface area contributed by atoms with Gasteiger partial charge in [-0.3, -0.25) is 4.90 Å². The molecule has 0 saturated carbocycles. The Balaban J connectivity index is 7.04. The predicted octanol–water partition coefficient (Wildman–Crippen LogP) is 6.94. The second-order valence-electron chi connectivity index (χ2n) is 9.93. The summed E-state index contributed by atoms with van der Waals surface area (Å²) in [6.07, 6.45) is 0. The average Bonchev–Trinajstić information content (AvgIpc) is 2.44. The Bertz CT molecular complexity index is 328. The molecule has 0 aromatic heterocycles. The van der Waals surface area contributed by atoms with E-state index in [1.807, 2.05) is 0 Å². The Labute approximate surface area is 167 Å². The molecule has 0 aromatic carbocycles. The molecule has 3 atom stereocenters. The number of nitrogens with zero attached hydrogens (tertiary/aromatic N) is 1. The van der Waals surface area contributed by atoms with Crippen LogP contribution >= 0.6 is 27.7 Å². The summed E-state index contributed by atoms with van der Waals surface area (Å²) in [5.41, 5.74) is 0. The standard InChI is InChI=1S/C21H48NP3/c1-13(2)19(23,14(3)4)22(20(24,15(5)6)16(7)8)21(25,17(9)10)18(11)12/h13-18H,23-25H2,1-12H3. The third-order valence-corrected chi connectivity index (χ3v) is 11.5. The lowest BCUT2D eigenvalue weighted by atomic mass is 9.77. The van der Waals surface area contributed by atoms with Crippen molar-refractivity contribution in [2.24, 2.45) is 35.5 Å². The summed E-state index contributed by atoms with van der Waals surface area (Å²) in [6, 6.07) is 0. The molecule has 3 unspecified atom stereocenters. The van der Waals surface area contributed by atoms with Gasteiger partial charge in [-0.15, -0.1) is 27.7 Å². The Hall–Kier alpha value is 1.25. The lowest BCUT2D eigenvalue weighted by Gasteiger charge is -2.67. The van der Waals surface area contributed by atoms with Gasteiger partial charge in [0.05, 0.1) is 0 Å². The minimum atomic E-state index is 0.0204. The molecular weight excluding hydrogens is 359 g/mol. The van der Waals surface area contributed by atoms with E-state index >= 15 is 0 Å². The molecule has 0 saturated heterocycles. The zero-order chi connectivity index (χ0) is 20.5. The SMILES string of the molecule is CC(C)C(P)(C(C)C)N(C(P)(C(C)C)C(C)C)C(P)(C(C)C)C(C)C. The van der Waals surface area contributed by atoms with Crippen molar-refractivity contribution in [3.63, 3.8) is 0 Å². The first kappa shape index (κ1) is 26.2. The van der Waals surface area contributed by atoms with Gasteiger partial charge in [-0.1, -0.05) is 83.1 Å².